The maximum Gasteiger partial charge on any atom is 0.262 e. The number of anilines is 1. The largest absolute Gasteiger partial charge is 0.482 e. The summed E-state index contributed by atoms with van der Waals surface area (Å²) >= 11 is 12.1. The van der Waals surface area contributed by atoms with E-state index in [-0.39, 0.29) is 17.3 Å². The lowest BCUT2D eigenvalue weighted by Gasteiger charge is -2.10. The van der Waals surface area contributed by atoms with E-state index in [0.717, 1.165) is 5.56 Å². The van der Waals surface area contributed by atoms with Gasteiger partial charge in [-0.2, -0.15) is 5.26 Å². The van der Waals surface area contributed by atoms with Crippen LogP contribution in [0.15, 0.2) is 66.7 Å². The van der Waals surface area contributed by atoms with Crippen LogP contribution in [0.3, 0.4) is 0 Å². The number of para-hydroxylation sites is 1. The summed E-state index contributed by atoms with van der Waals surface area (Å²) in [4.78, 5) is 12.0. The number of allylic oxidation sites excluding steroid dienone is 1. The van der Waals surface area contributed by atoms with Gasteiger partial charge in [0.2, 0.25) is 0 Å². The van der Waals surface area contributed by atoms with Crippen molar-refractivity contribution in [3.63, 3.8) is 0 Å². The molecule has 7 heteroatoms. The zero-order valence-electron chi connectivity index (χ0n) is 15.5. The van der Waals surface area contributed by atoms with E-state index in [4.69, 9.17) is 27.9 Å². The van der Waals surface area contributed by atoms with Crippen molar-refractivity contribution in [3.05, 3.63) is 93.7 Å². The number of hydrogen-bond donors (Lipinski definition) is 1. The second kappa shape index (κ2) is 9.93. The maximum absolute atomic E-state index is 13.6. The number of hydrogen-bond acceptors (Lipinski definition) is 3. The van der Waals surface area contributed by atoms with E-state index in [1.807, 2.05) is 0 Å². The molecular weight excluding hydrogens is 426 g/mol. The quantitative estimate of drug-likeness (QED) is 0.365. The molecular formula is C23H15Cl2FN2O2. The van der Waals surface area contributed by atoms with E-state index >= 15 is 0 Å². The monoisotopic (exact) mass is 440 g/mol. The number of carbonyl (C=O) groups excluding carboxylic acids is 1. The van der Waals surface area contributed by atoms with Gasteiger partial charge in [-0.1, -0.05) is 53.5 Å². The fourth-order valence-corrected chi connectivity index (χ4v) is 2.96. The lowest BCUT2D eigenvalue weighted by Crippen LogP contribution is -2.20. The highest BCUT2D eigenvalue weighted by Crippen LogP contribution is 2.28. The van der Waals surface area contributed by atoms with E-state index in [1.165, 1.54) is 18.2 Å². The Morgan fingerprint density at radius 2 is 1.83 bits per heavy atom. The smallest absolute Gasteiger partial charge is 0.262 e. The molecule has 0 aliphatic rings. The van der Waals surface area contributed by atoms with Gasteiger partial charge in [0.15, 0.2) is 6.61 Å². The third-order valence-corrected chi connectivity index (χ3v) is 4.60. The third kappa shape index (κ3) is 5.60. The summed E-state index contributed by atoms with van der Waals surface area (Å²) in [5.74, 6) is -0.758. The van der Waals surface area contributed by atoms with Crippen molar-refractivity contribution in [2.24, 2.45) is 0 Å². The molecule has 0 spiro atoms. The van der Waals surface area contributed by atoms with Gasteiger partial charge >= 0.3 is 0 Å². The van der Waals surface area contributed by atoms with Crippen LogP contribution in [0.5, 0.6) is 5.75 Å². The first-order valence-corrected chi connectivity index (χ1v) is 9.56. The molecule has 0 radical (unpaired) electrons. The highest BCUT2D eigenvalue weighted by Gasteiger charge is 2.10. The minimum atomic E-state index is -0.533. The lowest BCUT2D eigenvalue weighted by molar-refractivity contribution is -0.118. The first-order chi connectivity index (χ1) is 14.5. The van der Waals surface area contributed by atoms with E-state index in [1.54, 1.807) is 54.6 Å². The summed E-state index contributed by atoms with van der Waals surface area (Å²) in [5, 5.41) is 12.7. The number of ether oxygens (including phenoxy) is 1. The van der Waals surface area contributed by atoms with Crippen molar-refractivity contribution in [1.82, 2.24) is 0 Å². The van der Waals surface area contributed by atoms with Gasteiger partial charge in [-0.3, -0.25) is 4.79 Å². The molecule has 4 nitrogen and oxygen atoms in total. The van der Waals surface area contributed by atoms with Gasteiger partial charge in [0.25, 0.3) is 5.91 Å². The SMILES string of the molecule is N#CC(=Cc1ccc(OCC(=O)Nc2ccccc2F)c(Cl)c1)c1ccc(Cl)cc1. The molecule has 150 valence electrons. The first-order valence-electron chi connectivity index (χ1n) is 8.81. The molecule has 1 amide bonds. The number of nitrogens with one attached hydrogen (secondary N) is 1. The normalized spacial score (nSPS) is 10.9. The van der Waals surface area contributed by atoms with Crippen LogP contribution in [0.25, 0.3) is 11.6 Å². The maximum atomic E-state index is 13.6. The molecule has 0 aromatic heterocycles. The number of benzene rings is 3. The van der Waals surface area contributed by atoms with Crippen molar-refractivity contribution in [2.75, 3.05) is 11.9 Å². The highest BCUT2D eigenvalue weighted by atomic mass is 35.5. The Morgan fingerprint density at radius 1 is 1.10 bits per heavy atom. The number of nitrogens with zero attached hydrogens (tertiary/aromatic N) is 1. The number of amides is 1. The third-order valence-electron chi connectivity index (χ3n) is 4.05. The molecule has 3 aromatic rings. The van der Waals surface area contributed by atoms with Crippen molar-refractivity contribution in [3.8, 4) is 11.8 Å². The van der Waals surface area contributed by atoms with Gasteiger partial charge in [0.1, 0.15) is 11.6 Å². The molecule has 0 bridgehead atoms. The summed E-state index contributed by atoms with van der Waals surface area (Å²) in [6.45, 7) is -0.336. The second-order valence-corrected chi connectivity index (χ2v) is 7.03. The van der Waals surface area contributed by atoms with Crippen molar-refractivity contribution >= 4 is 46.4 Å². The molecule has 0 fully saturated rings. The number of rotatable bonds is 6. The van der Waals surface area contributed by atoms with Gasteiger partial charge in [-0.25, -0.2) is 4.39 Å². The molecule has 0 aliphatic carbocycles. The number of halogens is 3. The molecule has 0 heterocycles. The Bertz CT molecular complexity index is 1140. The summed E-state index contributed by atoms with van der Waals surface area (Å²) in [6.07, 6.45) is 1.68. The van der Waals surface area contributed by atoms with Crippen molar-refractivity contribution < 1.29 is 13.9 Å². The molecule has 3 aromatic carbocycles. The van der Waals surface area contributed by atoms with E-state index in [0.29, 0.717) is 21.9 Å². The predicted molar refractivity (Wildman–Crippen MR) is 117 cm³/mol. The van der Waals surface area contributed by atoms with Crippen LogP contribution in [-0.2, 0) is 4.79 Å². The molecule has 0 aliphatic heterocycles. The average Bonchev–Trinajstić information content (AvgIpc) is 2.74. The Kier molecular flexibility index (Phi) is 7.08. The molecule has 1 N–H and O–H groups in total. The van der Waals surface area contributed by atoms with Crippen LogP contribution in [0.4, 0.5) is 10.1 Å². The van der Waals surface area contributed by atoms with E-state index in [9.17, 15) is 14.4 Å². The lowest BCUT2D eigenvalue weighted by atomic mass is 10.0. The summed E-state index contributed by atoms with van der Waals surface area (Å²) in [6, 6.07) is 19.9. The van der Waals surface area contributed by atoms with Crippen LogP contribution in [0.1, 0.15) is 11.1 Å². The van der Waals surface area contributed by atoms with Gasteiger partial charge in [-0.05, 0) is 53.6 Å². The Morgan fingerprint density at radius 3 is 2.50 bits per heavy atom. The first kappa shape index (κ1) is 21.4. The van der Waals surface area contributed by atoms with Crippen LogP contribution in [0.2, 0.25) is 10.0 Å². The standard InChI is InChI=1S/C23H15Cl2FN2O2/c24-18-8-6-16(7-9-18)17(13-27)11-15-5-10-22(19(25)12-15)30-14-23(29)28-21-4-2-1-3-20(21)26/h1-12H,14H2,(H,28,29). The van der Waals surface area contributed by atoms with Crippen LogP contribution in [-0.4, -0.2) is 12.5 Å². The Labute approximate surface area is 183 Å². The zero-order valence-corrected chi connectivity index (χ0v) is 17.0. The summed E-state index contributed by atoms with van der Waals surface area (Å²) in [5.41, 5.74) is 1.93. The topological polar surface area (TPSA) is 62.1 Å². The predicted octanol–water partition coefficient (Wildman–Crippen LogP) is 6.21. The zero-order chi connectivity index (χ0) is 21.5. The summed E-state index contributed by atoms with van der Waals surface area (Å²) < 4.78 is 19.0. The number of carbonyl (C=O) groups is 1. The van der Waals surface area contributed by atoms with Crippen molar-refractivity contribution in [1.29, 1.82) is 5.26 Å². The van der Waals surface area contributed by atoms with E-state index < -0.39 is 11.7 Å². The molecule has 0 unspecified atom stereocenters. The van der Waals surface area contributed by atoms with Crippen LogP contribution in [0, 0.1) is 17.1 Å². The van der Waals surface area contributed by atoms with E-state index in [2.05, 4.69) is 11.4 Å². The Hall–Kier alpha value is -3.33. The van der Waals surface area contributed by atoms with Crippen molar-refractivity contribution in [2.45, 2.75) is 0 Å². The van der Waals surface area contributed by atoms with Gasteiger partial charge in [0, 0.05) is 5.02 Å². The van der Waals surface area contributed by atoms with Gasteiger partial charge in [-0.15, -0.1) is 0 Å². The average molecular weight is 441 g/mol. The molecule has 30 heavy (non-hydrogen) atoms. The highest BCUT2D eigenvalue weighted by molar-refractivity contribution is 6.32. The molecule has 0 saturated heterocycles. The minimum Gasteiger partial charge on any atom is -0.482 e. The fraction of sp³-hybridized carbons (Fsp3) is 0.0435. The Balaban J connectivity index is 1.67. The summed E-state index contributed by atoms with van der Waals surface area (Å²) in [7, 11) is 0. The van der Waals surface area contributed by atoms with Crippen LogP contribution < -0.4 is 10.1 Å². The molecule has 0 saturated carbocycles. The fourth-order valence-electron chi connectivity index (χ4n) is 2.59. The molecule has 3 rings (SSSR count). The molecule has 0 atom stereocenters. The van der Waals surface area contributed by atoms with Crippen LogP contribution >= 0.6 is 23.2 Å². The van der Waals surface area contributed by atoms with Gasteiger partial charge in [0.05, 0.1) is 22.4 Å². The minimum absolute atomic E-state index is 0.0731. The second-order valence-electron chi connectivity index (χ2n) is 6.18. The van der Waals surface area contributed by atoms with Gasteiger partial charge < -0.3 is 10.1 Å². The number of nitriles is 1.